The van der Waals surface area contributed by atoms with Gasteiger partial charge < -0.3 is 31.1 Å². The molecular weight excluding hydrogens is 536 g/mol. The van der Waals surface area contributed by atoms with Crippen LogP contribution in [0.2, 0.25) is 0 Å². The molecule has 0 radical (unpaired) electrons. The Labute approximate surface area is 242 Å². The minimum Gasteiger partial charge on any atom is -0.481 e. The van der Waals surface area contributed by atoms with E-state index in [1.807, 2.05) is 65.0 Å². The fourth-order valence-electron chi connectivity index (χ4n) is 3.68. The van der Waals surface area contributed by atoms with Crippen LogP contribution in [0.5, 0.6) is 0 Å². The lowest BCUT2D eigenvalue weighted by atomic mass is 10.0. The van der Waals surface area contributed by atoms with Gasteiger partial charge in [-0.15, -0.1) is 0 Å². The van der Waals surface area contributed by atoms with Gasteiger partial charge in [-0.05, 0) is 36.2 Å². The molecule has 4 amide bonds. The zero-order valence-corrected chi connectivity index (χ0v) is 24.8. The normalized spacial score (nSPS) is 14.0. The number of ether oxygens (including phenoxy) is 1. The topological polar surface area (TPSA) is 163 Å². The molecule has 11 nitrogen and oxygen atoms in total. The third-order valence-electron chi connectivity index (χ3n) is 5.91. The van der Waals surface area contributed by atoms with E-state index in [1.54, 1.807) is 0 Å². The first kappa shape index (κ1) is 34.7. The fourth-order valence-corrected chi connectivity index (χ4v) is 3.94. The summed E-state index contributed by atoms with van der Waals surface area (Å²) in [6.45, 7) is 9.88. The average Bonchev–Trinajstić information content (AvgIpc) is 2.90. The molecule has 224 valence electrons. The first-order valence-electron chi connectivity index (χ1n) is 13.5. The van der Waals surface area contributed by atoms with Crippen LogP contribution in [-0.2, 0) is 23.9 Å². The minimum absolute atomic E-state index is 0.00696. The molecule has 0 fully saturated rings. The molecule has 0 aliphatic heterocycles. The van der Waals surface area contributed by atoms with Crippen LogP contribution in [-0.4, -0.2) is 71.9 Å². The quantitative estimate of drug-likeness (QED) is 0.154. The predicted octanol–water partition coefficient (Wildman–Crippen LogP) is 2.47. The molecule has 5 N–H and O–H groups in total. The molecule has 0 aromatic heterocycles. The van der Waals surface area contributed by atoms with Crippen molar-refractivity contribution in [1.82, 2.24) is 21.3 Å². The summed E-state index contributed by atoms with van der Waals surface area (Å²) in [6, 6.07) is 6.47. The largest absolute Gasteiger partial charge is 0.481 e. The van der Waals surface area contributed by atoms with Crippen molar-refractivity contribution in [2.75, 3.05) is 18.9 Å². The van der Waals surface area contributed by atoms with Crippen LogP contribution >= 0.6 is 12.6 Å². The van der Waals surface area contributed by atoms with Crippen LogP contribution in [0.25, 0.3) is 0 Å². The van der Waals surface area contributed by atoms with Gasteiger partial charge in [-0.25, -0.2) is 4.79 Å². The summed E-state index contributed by atoms with van der Waals surface area (Å²) in [6.07, 6.45) is -1.20. The maximum atomic E-state index is 13.2. The number of carbonyl (C=O) groups is 5. The van der Waals surface area contributed by atoms with E-state index in [9.17, 15) is 24.0 Å². The van der Waals surface area contributed by atoms with Gasteiger partial charge in [0.2, 0.25) is 17.7 Å². The number of nitrogens with one attached hydrogen (secondary N) is 4. The van der Waals surface area contributed by atoms with Crippen molar-refractivity contribution in [2.45, 2.75) is 77.9 Å². The second-order valence-corrected chi connectivity index (χ2v) is 11.0. The van der Waals surface area contributed by atoms with E-state index >= 15 is 0 Å². The molecule has 4 atom stereocenters. The van der Waals surface area contributed by atoms with E-state index in [-0.39, 0.29) is 49.4 Å². The van der Waals surface area contributed by atoms with Gasteiger partial charge in [0.05, 0.1) is 6.61 Å². The maximum Gasteiger partial charge on any atom is 0.407 e. The number of carbonyl (C=O) groups excluding carboxylic acids is 4. The fraction of sp³-hybridized carbons (Fsp3) is 0.607. The molecule has 1 aromatic carbocycles. The highest BCUT2D eigenvalue weighted by Gasteiger charge is 2.30. The predicted molar refractivity (Wildman–Crippen MR) is 155 cm³/mol. The number of hydrogen-bond donors (Lipinski definition) is 6. The summed E-state index contributed by atoms with van der Waals surface area (Å²) >= 11 is 4.22. The van der Waals surface area contributed by atoms with Crippen LogP contribution < -0.4 is 21.3 Å². The Bertz CT molecular complexity index is 975. The number of alkyl carbamates (subject to hydrolysis) is 1. The van der Waals surface area contributed by atoms with Crippen molar-refractivity contribution in [2.24, 2.45) is 11.8 Å². The van der Waals surface area contributed by atoms with E-state index in [2.05, 4.69) is 33.9 Å². The molecule has 1 aromatic rings. The number of hydrogen-bond acceptors (Lipinski definition) is 7. The molecule has 0 spiro atoms. The zero-order valence-electron chi connectivity index (χ0n) is 23.9. The Balaban J connectivity index is 2.88. The highest BCUT2D eigenvalue weighted by atomic mass is 32.1. The molecule has 0 saturated carbocycles. The van der Waals surface area contributed by atoms with E-state index in [1.165, 1.54) is 0 Å². The summed E-state index contributed by atoms with van der Waals surface area (Å²) < 4.78 is 5.06. The third-order valence-corrected chi connectivity index (χ3v) is 6.28. The van der Waals surface area contributed by atoms with E-state index in [4.69, 9.17) is 9.84 Å². The van der Waals surface area contributed by atoms with Gasteiger partial charge in [-0.3, -0.25) is 19.2 Å². The first-order chi connectivity index (χ1) is 18.8. The van der Waals surface area contributed by atoms with Crippen LogP contribution in [0.4, 0.5) is 4.79 Å². The minimum atomic E-state index is -1.23. The van der Waals surface area contributed by atoms with Gasteiger partial charge >= 0.3 is 12.1 Å². The van der Waals surface area contributed by atoms with Gasteiger partial charge in [-0.1, -0.05) is 65.0 Å². The number of thiol groups is 1. The Hall–Kier alpha value is -3.28. The van der Waals surface area contributed by atoms with Crippen LogP contribution in [0.1, 0.15) is 65.4 Å². The number of amides is 4. The highest BCUT2D eigenvalue weighted by molar-refractivity contribution is 7.80. The van der Waals surface area contributed by atoms with Crippen molar-refractivity contribution in [3.05, 3.63) is 35.9 Å². The number of rotatable bonds is 17. The van der Waals surface area contributed by atoms with Gasteiger partial charge in [0, 0.05) is 18.7 Å². The number of carboxylic acid groups (broad SMARTS) is 1. The molecule has 0 bridgehead atoms. The summed E-state index contributed by atoms with van der Waals surface area (Å²) in [5, 5.41) is 19.6. The Morgan fingerprint density at radius 1 is 0.825 bits per heavy atom. The van der Waals surface area contributed by atoms with Gasteiger partial charge in [0.25, 0.3) is 0 Å². The molecule has 1 rings (SSSR count). The summed E-state index contributed by atoms with van der Waals surface area (Å²) in [5.41, 5.74) is 1.06. The lowest BCUT2D eigenvalue weighted by Gasteiger charge is -2.26. The van der Waals surface area contributed by atoms with Crippen molar-refractivity contribution >= 4 is 42.4 Å². The second-order valence-electron chi connectivity index (χ2n) is 10.6. The second kappa shape index (κ2) is 18.1. The molecule has 12 heteroatoms. The highest BCUT2D eigenvalue weighted by Crippen LogP contribution is 2.13. The van der Waals surface area contributed by atoms with E-state index < -0.39 is 47.9 Å². The van der Waals surface area contributed by atoms with Crippen molar-refractivity contribution in [3.8, 4) is 0 Å². The molecule has 0 aliphatic rings. The first-order valence-corrected chi connectivity index (χ1v) is 14.2. The Morgan fingerprint density at radius 3 is 1.98 bits per heavy atom. The standard InChI is InChI=1S/C28H44N4O7S/c1-17(2)13-22(30-26(36)21(11-12-24(33)34)32-28(38)39-15-18(3)4)27(37)31-23(16-40)25(35)29-14-19(5)20-9-7-6-8-10-20/h6-10,17-19,21-23,40H,11-16H2,1-5H3,(H,29,35)(H,30,36)(H,31,37)(H,32,38)(H,33,34)/t19-,21-,22-,23-/m0/s1. The van der Waals surface area contributed by atoms with E-state index in [0.29, 0.717) is 6.54 Å². The number of aliphatic carboxylic acids is 1. The lowest BCUT2D eigenvalue weighted by Crippen LogP contribution is -2.57. The molecule has 0 heterocycles. The summed E-state index contributed by atoms with van der Waals surface area (Å²) in [5.74, 6) is -2.73. The van der Waals surface area contributed by atoms with Crippen LogP contribution in [0, 0.1) is 11.8 Å². The van der Waals surface area contributed by atoms with Crippen molar-refractivity contribution < 1.29 is 33.8 Å². The maximum absolute atomic E-state index is 13.2. The molecular formula is C28H44N4O7S. The zero-order chi connectivity index (χ0) is 30.2. The average molecular weight is 581 g/mol. The van der Waals surface area contributed by atoms with E-state index in [0.717, 1.165) is 5.56 Å². The van der Waals surface area contributed by atoms with Crippen molar-refractivity contribution in [1.29, 1.82) is 0 Å². The summed E-state index contributed by atoms with van der Waals surface area (Å²) in [7, 11) is 0. The Kier molecular flexibility index (Phi) is 15.8. The Morgan fingerprint density at radius 2 is 1.43 bits per heavy atom. The van der Waals surface area contributed by atoms with Gasteiger partial charge in [0.15, 0.2) is 0 Å². The lowest BCUT2D eigenvalue weighted by molar-refractivity contribution is -0.137. The molecule has 0 unspecified atom stereocenters. The third kappa shape index (κ3) is 13.7. The number of benzene rings is 1. The van der Waals surface area contributed by atoms with Crippen LogP contribution in [0.3, 0.4) is 0 Å². The molecule has 0 aliphatic carbocycles. The smallest absolute Gasteiger partial charge is 0.407 e. The molecule has 40 heavy (non-hydrogen) atoms. The molecule has 0 saturated heterocycles. The van der Waals surface area contributed by atoms with Crippen LogP contribution in [0.15, 0.2) is 30.3 Å². The van der Waals surface area contributed by atoms with Crippen molar-refractivity contribution in [3.63, 3.8) is 0 Å². The monoisotopic (exact) mass is 580 g/mol. The SMILES string of the molecule is CC(C)COC(=O)N[C@@H](CCC(=O)O)C(=O)N[C@@H](CC(C)C)C(=O)N[C@@H](CS)C(=O)NC[C@H](C)c1ccccc1. The summed E-state index contributed by atoms with van der Waals surface area (Å²) in [4.78, 5) is 62.4. The van der Waals surface area contributed by atoms with Gasteiger partial charge in [0.1, 0.15) is 18.1 Å². The number of carboxylic acids is 1. The van der Waals surface area contributed by atoms with Gasteiger partial charge in [-0.2, -0.15) is 12.6 Å².